The van der Waals surface area contributed by atoms with Crippen molar-refractivity contribution in [1.82, 2.24) is 9.78 Å². The Morgan fingerprint density at radius 2 is 2.19 bits per heavy atom. The van der Waals surface area contributed by atoms with E-state index in [9.17, 15) is 8.42 Å². The Kier molecular flexibility index (Phi) is 4.26. The Bertz CT molecular complexity index is 451. The third kappa shape index (κ3) is 4.05. The highest BCUT2D eigenvalue weighted by atomic mass is 32.2. The second kappa shape index (κ2) is 5.09. The summed E-state index contributed by atoms with van der Waals surface area (Å²) in [5.74, 6) is 0.604. The van der Waals surface area contributed by atoms with Crippen LogP contribution in [0.2, 0.25) is 0 Å². The minimum absolute atomic E-state index is 0.0602. The second-order valence-electron chi connectivity index (χ2n) is 3.91. The predicted molar refractivity (Wildman–Crippen MR) is 67.3 cm³/mol. The topological polar surface area (TPSA) is 78.0 Å². The lowest BCUT2D eigenvalue weighted by molar-refractivity contribution is 0.587. The molecule has 1 aromatic rings. The van der Waals surface area contributed by atoms with Crippen molar-refractivity contribution < 1.29 is 8.42 Å². The first kappa shape index (κ1) is 13.4. The Labute approximate surface area is 100 Å². The number of anilines is 1. The van der Waals surface area contributed by atoms with Crippen LogP contribution < -0.4 is 5.73 Å². The maximum absolute atomic E-state index is 11.0. The second-order valence-corrected chi connectivity index (χ2v) is 7.79. The van der Waals surface area contributed by atoms with Crippen molar-refractivity contribution >= 4 is 27.4 Å². The fourth-order valence-corrected chi connectivity index (χ4v) is 2.50. The molecule has 5 nitrogen and oxygen atoms in total. The lowest BCUT2D eigenvalue weighted by Crippen LogP contribution is -2.14. The van der Waals surface area contributed by atoms with Crippen molar-refractivity contribution in [3.8, 4) is 0 Å². The zero-order chi connectivity index (χ0) is 12.3. The van der Waals surface area contributed by atoms with Crippen LogP contribution in [-0.2, 0) is 16.4 Å². The molecule has 1 heterocycles. The summed E-state index contributed by atoms with van der Waals surface area (Å²) in [5, 5.41) is 4.50. The van der Waals surface area contributed by atoms with Crippen LogP contribution in [0.3, 0.4) is 0 Å². The highest BCUT2D eigenvalue weighted by Crippen LogP contribution is 2.27. The van der Waals surface area contributed by atoms with E-state index in [1.807, 2.05) is 0 Å². The van der Waals surface area contributed by atoms with Gasteiger partial charge < -0.3 is 5.73 Å². The molecule has 0 radical (unpaired) electrons. The monoisotopic (exact) mass is 263 g/mol. The maximum Gasteiger partial charge on any atom is 0.149 e. The van der Waals surface area contributed by atoms with Crippen molar-refractivity contribution in [2.24, 2.45) is 0 Å². The van der Waals surface area contributed by atoms with Crippen LogP contribution in [0, 0.1) is 0 Å². The number of aromatic nitrogens is 2. The average molecular weight is 263 g/mol. The SMILES string of the molecule is CC(C)Sc1cnn(CCS(C)(=O)=O)c1N. The molecule has 16 heavy (non-hydrogen) atoms. The van der Waals surface area contributed by atoms with Crippen LogP contribution in [0.5, 0.6) is 0 Å². The van der Waals surface area contributed by atoms with Gasteiger partial charge in [-0.15, -0.1) is 11.8 Å². The first-order valence-corrected chi connectivity index (χ1v) is 7.89. The molecule has 92 valence electrons. The van der Waals surface area contributed by atoms with E-state index in [1.165, 1.54) is 10.9 Å². The summed E-state index contributed by atoms with van der Waals surface area (Å²) in [7, 11) is -2.98. The highest BCUT2D eigenvalue weighted by molar-refractivity contribution is 8.00. The molecule has 0 amide bonds. The summed E-state index contributed by atoms with van der Waals surface area (Å²) in [5.41, 5.74) is 5.87. The van der Waals surface area contributed by atoms with E-state index < -0.39 is 9.84 Å². The molecule has 0 atom stereocenters. The highest BCUT2D eigenvalue weighted by Gasteiger charge is 2.11. The Hall–Kier alpha value is -0.690. The molecule has 0 unspecified atom stereocenters. The number of aryl methyl sites for hydroxylation is 1. The molecule has 1 rings (SSSR count). The largest absolute Gasteiger partial charge is 0.383 e. The van der Waals surface area contributed by atoms with Crippen LogP contribution in [0.1, 0.15) is 13.8 Å². The summed E-state index contributed by atoms with van der Waals surface area (Å²) >= 11 is 1.62. The number of thioether (sulfide) groups is 1. The van der Waals surface area contributed by atoms with Gasteiger partial charge in [0.1, 0.15) is 15.7 Å². The fourth-order valence-electron chi connectivity index (χ4n) is 1.15. The number of hydrogen-bond donors (Lipinski definition) is 1. The van der Waals surface area contributed by atoms with Gasteiger partial charge in [0.25, 0.3) is 0 Å². The van der Waals surface area contributed by atoms with Crippen LogP contribution >= 0.6 is 11.8 Å². The van der Waals surface area contributed by atoms with E-state index in [2.05, 4.69) is 18.9 Å². The molecule has 0 saturated heterocycles. The molecule has 0 saturated carbocycles. The fraction of sp³-hybridized carbons (Fsp3) is 0.667. The van der Waals surface area contributed by atoms with Crippen LogP contribution in [-0.4, -0.2) is 35.5 Å². The summed E-state index contributed by atoms with van der Waals surface area (Å²) < 4.78 is 23.6. The van der Waals surface area contributed by atoms with E-state index in [0.717, 1.165) is 4.90 Å². The number of nitrogens with zero attached hydrogens (tertiary/aromatic N) is 2. The van der Waals surface area contributed by atoms with Crippen molar-refractivity contribution in [1.29, 1.82) is 0 Å². The molecule has 2 N–H and O–H groups in total. The zero-order valence-corrected chi connectivity index (χ0v) is 11.3. The summed E-state index contributed by atoms with van der Waals surface area (Å²) in [6.45, 7) is 4.44. The molecule has 0 aliphatic carbocycles. The predicted octanol–water partition coefficient (Wildman–Crippen LogP) is 1.01. The number of hydrogen-bond acceptors (Lipinski definition) is 5. The molecule has 0 aromatic carbocycles. The van der Waals surface area contributed by atoms with Crippen LogP contribution in [0.25, 0.3) is 0 Å². The van der Waals surface area contributed by atoms with E-state index in [0.29, 0.717) is 17.6 Å². The van der Waals surface area contributed by atoms with Gasteiger partial charge >= 0.3 is 0 Å². The minimum Gasteiger partial charge on any atom is -0.383 e. The Balaban J connectivity index is 2.72. The van der Waals surface area contributed by atoms with E-state index in [4.69, 9.17) is 5.73 Å². The zero-order valence-electron chi connectivity index (χ0n) is 9.67. The lowest BCUT2D eigenvalue weighted by atomic mass is 10.6. The minimum atomic E-state index is -2.98. The molecule has 0 bridgehead atoms. The molecule has 0 aliphatic heterocycles. The van der Waals surface area contributed by atoms with Gasteiger partial charge in [-0.3, -0.25) is 0 Å². The molecular formula is C9H17N3O2S2. The van der Waals surface area contributed by atoms with Gasteiger partial charge in [0.05, 0.1) is 23.4 Å². The van der Waals surface area contributed by atoms with Gasteiger partial charge in [-0.25, -0.2) is 13.1 Å². The summed E-state index contributed by atoms with van der Waals surface area (Å²) in [6, 6.07) is 0. The first-order valence-electron chi connectivity index (χ1n) is 4.95. The van der Waals surface area contributed by atoms with Gasteiger partial charge in [0, 0.05) is 11.5 Å². The van der Waals surface area contributed by atoms with Crippen molar-refractivity contribution in [2.75, 3.05) is 17.7 Å². The molecule has 7 heteroatoms. The standard InChI is InChI=1S/C9H17N3O2S2/c1-7(2)15-8-6-11-12(9(8)10)4-5-16(3,13)14/h6-7H,4-5,10H2,1-3H3. The smallest absolute Gasteiger partial charge is 0.149 e. The number of rotatable bonds is 5. The van der Waals surface area contributed by atoms with Crippen molar-refractivity contribution in [3.63, 3.8) is 0 Å². The number of nitrogen functional groups attached to an aromatic ring is 1. The van der Waals surface area contributed by atoms with E-state index in [1.54, 1.807) is 18.0 Å². The lowest BCUT2D eigenvalue weighted by Gasteiger charge is -2.05. The number of sulfone groups is 1. The first-order chi connectivity index (χ1) is 7.29. The Morgan fingerprint density at radius 1 is 1.56 bits per heavy atom. The van der Waals surface area contributed by atoms with Crippen molar-refractivity contribution in [2.45, 2.75) is 30.5 Å². The summed E-state index contributed by atoms with van der Waals surface area (Å²) in [6.07, 6.45) is 2.89. The van der Waals surface area contributed by atoms with E-state index >= 15 is 0 Å². The molecular weight excluding hydrogens is 246 g/mol. The quantitative estimate of drug-likeness (QED) is 0.802. The van der Waals surface area contributed by atoms with Gasteiger partial charge in [-0.1, -0.05) is 13.8 Å². The van der Waals surface area contributed by atoms with E-state index in [-0.39, 0.29) is 5.75 Å². The van der Waals surface area contributed by atoms with Crippen LogP contribution in [0.15, 0.2) is 11.1 Å². The van der Waals surface area contributed by atoms with Gasteiger partial charge in [0.2, 0.25) is 0 Å². The normalized spacial score (nSPS) is 12.2. The maximum atomic E-state index is 11.0. The third-order valence-electron chi connectivity index (χ3n) is 1.88. The van der Waals surface area contributed by atoms with Gasteiger partial charge in [-0.2, -0.15) is 5.10 Å². The van der Waals surface area contributed by atoms with Crippen LogP contribution in [0.4, 0.5) is 5.82 Å². The molecule has 0 aliphatic rings. The summed E-state index contributed by atoms with van der Waals surface area (Å²) in [4.78, 5) is 0.906. The molecule has 0 spiro atoms. The molecule has 1 aromatic heterocycles. The van der Waals surface area contributed by atoms with Gasteiger partial charge in [-0.05, 0) is 0 Å². The van der Waals surface area contributed by atoms with Crippen molar-refractivity contribution in [3.05, 3.63) is 6.20 Å². The number of nitrogens with two attached hydrogens (primary N) is 1. The third-order valence-corrected chi connectivity index (χ3v) is 3.85. The Morgan fingerprint density at radius 3 is 2.69 bits per heavy atom. The molecule has 0 fully saturated rings. The van der Waals surface area contributed by atoms with Gasteiger partial charge in [0.15, 0.2) is 0 Å². The average Bonchev–Trinajstić information content (AvgIpc) is 2.43.